The van der Waals surface area contributed by atoms with Crippen molar-refractivity contribution in [3.05, 3.63) is 59.3 Å². The number of hydrogen-bond acceptors (Lipinski definition) is 3. The summed E-state index contributed by atoms with van der Waals surface area (Å²) < 4.78 is 15.0. The van der Waals surface area contributed by atoms with Crippen molar-refractivity contribution in [3.63, 3.8) is 0 Å². The molecule has 0 fully saturated rings. The highest BCUT2D eigenvalue weighted by Crippen LogP contribution is 2.25. The SMILES string of the molecule is CCCc1nc2ccc(F)cn2c1C(=O)Nc1ccc(C)cc1O. The first kappa shape index (κ1) is 16.0. The highest BCUT2D eigenvalue weighted by Gasteiger charge is 2.20. The predicted octanol–water partition coefficient (Wildman–Crippen LogP) is 3.69. The molecule has 0 atom stereocenters. The Balaban J connectivity index is 2.04. The summed E-state index contributed by atoms with van der Waals surface area (Å²) in [4.78, 5) is 17.1. The lowest BCUT2D eigenvalue weighted by atomic mass is 10.2. The monoisotopic (exact) mass is 327 g/mol. The van der Waals surface area contributed by atoms with Crippen molar-refractivity contribution in [2.45, 2.75) is 26.7 Å². The van der Waals surface area contributed by atoms with Crippen molar-refractivity contribution in [3.8, 4) is 5.75 Å². The molecule has 1 amide bonds. The number of nitrogens with one attached hydrogen (secondary N) is 1. The van der Waals surface area contributed by atoms with E-state index in [0.717, 1.165) is 12.0 Å². The van der Waals surface area contributed by atoms with Crippen LogP contribution in [0.1, 0.15) is 35.1 Å². The van der Waals surface area contributed by atoms with Crippen LogP contribution in [-0.4, -0.2) is 20.4 Å². The van der Waals surface area contributed by atoms with E-state index < -0.39 is 11.7 Å². The lowest BCUT2D eigenvalue weighted by Gasteiger charge is -2.09. The predicted molar refractivity (Wildman–Crippen MR) is 89.9 cm³/mol. The van der Waals surface area contributed by atoms with Crippen molar-refractivity contribution in [2.75, 3.05) is 5.32 Å². The number of phenols is 1. The van der Waals surface area contributed by atoms with E-state index in [1.165, 1.54) is 22.7 Å². The van der Waals surface area contributed by atoms with Crippen molar-refractivity contribution >= 4 is 17.2 Å². The average Bonchev–Trinajstić information content (AvgIpc) is 2.87. The molecule has 2 N–H and O–H groups in total. The number of fused-ring (bicyclic) bond motifs is 1. The second kappa shape index (κ2) is 6.31. The molecule has 0 saturated carbocycles. The fourth-order valence-corrected chi connectivity index (χ4v) is 2.65. The molecule has 0 radical (unpaired) electrons. The van der Waals surface area contributed by atoms with Gasteiger partial charge in [-0.15, -0.1) is 0 Å². The summed E-state index contributed by atoms with van der Waals surface area (Å²) in [6.45, 7) is 3.83. The number of imidazole rings is 1. The van der Waals surface area contributed by atoms with Gasteiger partial charge in [0.2, 0.25) is 0 Å². The topological polar surface area (TPSA) is 66.6 Å². The number of carbonyl (C=O) groups excluding carboxylic acids is 1. The summed E-state index contributed by atoms with van der Waals surface area (Å²) in [5.41, 5.74) is 2.59. The van der Waals surface area contributed by atoms with Gasteiger partial charge in [0.15, 0.2) is 0 Å². The van der Waals surface area contributed by atoms with Gasteiger partial charge in [-0.25, -0.2) is 9.37 Å². The summed E-state index contributed by atoms with van der Waals surface area (Å²) >= 11 is 0. The van der Waals surface area contributed by atoms with Crippen LogP contribution < -0.4 is 5.32 Å². The second-order valence-corrected chi connectivity index (χ2v) is 5.71. The smallest absolute Gasteiger partial charge is 0.274 e. The van der Waals surface area contributed by atoms with E-state index >= 15 is 0 Å². The number of pyridine rings is 1. The fourth-order valence-electron chi connectivity index (χ4n) is 2.65. The quantitative estimate of drug-likeness (QED) is 0.718. The molecule has 24 heavy (non-hydrogen) atoms. The van der Waals surface area contributed by atoms with Gasteiger partial charge >= 0.3 is 0 Å². The third kappa shape index (κ3) is 2.95. The van der Waals surface area contributed by atoms with Crippen molar-refractivity contribution in [2.24, 2.45) is 0 Å². The summed E-state index contributed by atoms with van der Waals surface area (Å²) in [6, 6.07) is 7.83. The van der Waals surface area contributed by atoms with Crippen LogP contribution in [0.4, 0.5) is 10.1 Å². The molecule has 2 aromatic heterocycles. The minimum absolute atomic E-state index is 0.0135. The summed E-state index contributed by atoms with van der Waals surface area (Å²) in [7, 11) is 0. The number of amides is 1. The molecular weight excluding hydrogens is 309 g/mol. The zero-order chi connectivity index (χ0) is 17.3. The third-order valence-corrected chi connectivity index (χ3v) is 3.76. The molecule has 0 aliphatic rings. The number of aromatic nitrogens is 2. The normalized spacial score (nSPS) is 11.0. The number of anilines is 1. The van der Waals surface area contributed by atoms with Gasteiger partial charge in [-0.3, -0.25) is 9.20 Å². The van der Waals surface area contributed by atoms with Gasteiger partial charge in [-0.2, -0.15) is 0 Å². The molecule has 3 rings (SSSR count). The number of nitrogens with zero attached hydrogens (tertiary/aromatic N) is 2. The molecule has 0 bridgehead atoms. The van der Waals surface area contributed by atoms with E-state index in [4.69, 9.17) is 0 Å². The molecule has 6 heteroatoms. The molecule has 5 nitrogen and oxygen atoms in total. The molecule has 2 heterocycles. The minimum atomic E-state index is -0.449. The standard InChI is InChI=1S/C18H18FN3O2/c1-3-4-14-17(22-10-12(19)6-8-16(22)20-14)18(24)21-13-7-5-11(2)9-15(13)23/h5-10,23H,3-4H2,1-2H3,(H,21,24). The van der Waals surface area contributed by atoms with Gasteiger partial charge in [0, 0.05) is 6.20 Å². The summed E-state index contributed by atoms with van der Waals surface area (Å²) in [6.07, 6.45) is 2.65. The molecule has 124 valence electrons. The maximum Gasteiger partial charge on any atom is 0.274 e. The molecule has 0 spiro atoms. The number of aromatic hydroxyl groups is 1. The Kier molecular flexibility index (Phi) is 4.20. The van der Waals surface area contributed by atoms with Crippen LogP contribution >= 0.6 is 0 Å². The molecular formula is C18H18FN3O2. The summed E-state index contributed by atoms with van der Waals surface area (Å²) in [5, 5.41) is 12.6. The van der Waals surface area contributed by atoms with Gasteiger partial charge in [-0.05, 0) is 43.2 Å². The number of benzene rings is 1. The van der Waals surface area contributed by atoms with Gasteiger partial charge in [0.05, 0.1) is 11.4 Å². The molecule has 0 unspecified atom stereocenters. The van der Waals surface area contributed by atoms with E-state index in [9.17, 15) is 14.3 Å². The first-order valence-electron chi connectivity index (χ1n) is 7.77. The number of aryl methyl sites for hydroxylation is 2. The molecule has 0 saturated heterocycles. The summed E-state index contributed by atoms with van der Waals surface area (Å²) in [5.74, 6) is -0.897. The lowest BCUT2D eigenvalue weighted by molar-refractivity contribution is 0.102. The Morgan fingerprint density at radius 2 is 2.12 bits per heavy atom. The number of rotatable bonds is 4. The van der Waals surface area contributed by atoms with E-state index in [2.05, 4.69) is 10.3 Å². The third-order valence-electron chi connectivity index (χ3n) is 3.76. The van der Waals surface area contributed by atoms with Crippen LogP contribution in [0.25, 0.3) is 5.65 Å². The largest absolute Gasteiger partial charge is 0.506 e. The van der Waals surface area contributed by atoms with Crippen LogP contribution in [0.3, 0.4) is 0 Å². The molecule has 0 aliphatic carbocycles. The first-order valence-corrected chi connectivity index (χ1v) is 7.77. The number of hydrogen-bond donors (Lipinski definition) is 2. The Morgan fingerprint density at radius 3 is 2.83 bits per heavy atom. The Morgan fingerprint density at radius 1 is 1.33 bits per heavy atom. The molecule has 0 aliphatic heterocycles. The van der Waals surface area contributed by atoms with Crippen LogP contribution in [0.15, 0.2) is 36.5 Å². The van der Waals surface area contributed by atoms with Gasteiger partial charge in [0.25, 0.3) is 5.91 Å². The van der Waals surface area contributed by atoms with Crippen molar-refractivity contribution in [1.29, 1.82) is 0 Å². The zero-order valence-electron chi connectivity index (χ0n) is 13.5. The Hall–Kier alpha value is -2.89. The number of carbonyl (C=O) groups is 1. The van der Waals surface area contributed by atoms with E-state index in [0.29, 0.717) is 23.4 Å². The number of halogens is 1. The molecule has 1 aromatic carbocycles. The van der Waals surface area contributed by atoms with Crippen LogP contribution in [-0.2, 0) is 6.42 Å². The van der Waals surface area contributed by atoms with Crippen molar-refractivity contribution < 1.29 is 14.3 Å². The first-order chi connectivity index (χ1) is 11.5. The number of phenolic OH excluding ortho intramolecular Hbond substituents is 1. The van der Waals surface area contributed by atoms with Crippen LogP contribution in [0.2, 0.25) is 0 Å². The van der Waals surface area contributed by atoms with Crippen LogP contribution in [0.5, 0.6) is 5.75 Å². The van der Waals surface area contributed by atoms with Crippen LogP contribution in [0, 0.1) is 12.7 Å². The van der Waals surface area contributed by atoms with E-state index in [1.54, 1.807) is 18.2 Å². The van der Waals surface area contributed by atoms with E-state index in [1.807, 2.05) is 13.8 Å². The Bertz CT molecular complexity index is 918. The molecule has 3 aromatic rings. The fraction of sp³-hybridized carbons (Fsp3) is 0.222. The average molecular weight is 327 g/mol. The van der Waals surface area contributed by atoms with Gasteiger partial charge in [0.1, 0.15) is 22.9 Å². The minimum Gasteiger partial charge on any atom is -0.506 e. The van der Waals surface area contributed by atoms with Crippen molar-refractivity contribution in [1.82, 2.24) is 9.38 Å². The van der Waals surface area contributed by atoms with Gasteiger partial charge < -0.3 is 10.4 Å². The zero-order valence-corrected chi connectivity index (χ0v) is 13.5. The maximum atomic E-state index is 13.6. The highest BCUT2D eigenvalue weighted by molar-refractivity contribution is 6.05. The van der Waals surface area contributed by atoms with E-state index in [-0.39, 0.29) is 11.4 Å². The second-order valence-electron chi connectivity index (χ2n) is 5.71. The lowest BCUT2D eigenvalue weighted by Crippen LogP contribution is -2.16. The van der Waals surface area contributed by atoms with Gasteiger partial charge in [-0.1, -0.05) is 19.4 Å². The Labute approximate surface area is 138 Å². The maximum absolute atomic E-state index is 13.6. The highest BCUT2D eigenvalue weighted by atomic mass is 19.1.